The van der Waals surface area contributed by atoms with Crippen molar-refractivity contribution in [1.82, 2.24) is 0 Å². The second-order valence-corrected chi connectivity index (χ2v) is 3.09. The molecule has 1 N–H and O–H groups in total. The Labute approximate surface area is 86.5 Å². The lowest BCUT2D eigenvalue weighted by molar-refractivity contribution is 0.101. The number of benzene rings is 1. The Balaban J connectivity index is 3.37. The van der Waals surface area contributed by atoms with E-state index in [4.69, 9.17) is 16.9 Å². The van der Waals surface area contributed by atoms with Crippen LogP contribution in [0.2, 0.25) is 0 Å². The van der Waals surface area contributed by atoms with Crippen LogP contribution in [0.3, 0.4) is 0 Å². The van der Waals surface area contributed by atoms with Crippen molar-refractivity contribution in [3.05, 3.63) is 28.8 Å². The van der Waals surface area contributed by atoms with Crippen LogP contribution in [0.5, 0.6) is 5.75 Å². The number of phenolic OH excluding ortho intramolecular Hbond substituents is 1. The Hall–Kier alpha value is -1.53. The minimum Gasteiger partial charge on any atom is -0.506 e. The lowest BCUT2D eigenvalue weighted by atomic mass is 10.0. The van der Waals surface area contributed by atoms with Crippen molar-refractivity contribution in [2.75, 3.05) is 5.88 Å². The van der Waals surface area contributed by atoms with Crippen molar-refractivity contribution in [1.29, 1.82) is 5.26 Å². The molecule has 0 bridgehead atoms. The van der Waals surface area contributed by atoms with Gasteiger partial charge in [0.15, 0.2) is 5.78 Å². The van der Waals surface area contributed by atoms with E-state index in [1.165, 1.54) is 6.07 Å². The zero-order valence-corrected chi connectivity index (χ0v) is 8.30. The van der Waals surface area contributed by atoms with Crippen LogP contribution in [-0.4, -0.2) is 16.8 Å². The molecule has 0 spiro atoms. The largest absolute Gasteiger partial charge is 0.506 e. The van der Waals surface area contributed by atoms with Gasteiger partial charge in [-0.25, -0.2) is 0 Å². The Kier molecular flexibility index (Phi) is 3.10. The van der Waals surface area contributed by atoms with E-state index < -0.39 is 0 Å². The summed E-state index contributed by atoms with van der Waals surface area (Å²) in [5.74, 6) is -0.875. The van der Waals surface area contributed by atoms with Crippen LogP contribution in [0.15, 0.2) is 12.1 Å². The first kappa shape index (κ1) is 10.6. The van der Waals surface area contributed by atoms with Crippen LogP contribution >= 0.6 is 11.6 Å². The van der Waals surface area contributed by atoms with Gasteiger partial charge in [-0.05, 0) is 18.6 Å². The van der Waals surface area contributed by atoms with E-state index in [1.807, 2.05) is 6.07 Å². The van der Waals surface area contributed by atoms with E-state index in [0.29, 0.717) is 5.56 Å². The van der Waals surface area contributed by atoms with E-state index in [2.05, 4.69) is 0 Å². The molecule has 0 aliphatic heterocycles. The third-order valence-electron chi connectivity index (χ3n) is 1.92. The average molecular weight is 210 g/mol. The van der Waals surface area contributed by atoms with E-state index in [0.717, 1.165) is 0 Å². The van der Waals surface area contributed by atoms with Gasteiger partial charge in [0, 0.05) is 0 Å². The molecule has 14 heavy (non-hydrogen) atoms. The topological polar surface area (TPSA) is 61.1 Å². The van der Waals surface area contributed by atoms with Gasteiger partial charge in [0.05, 0.1) is 17.0 Å². The van der Waals surface area contributed by atoms with Gasteiger partial charge in [0.1, 0.15) is 11.8 Å². The van der Waals surface area contributed by atoms with Crippen LogP contribution in [0, 0.1) is 18.3 Å². The number of Topliss-reactive ketones (excluding diaryl/α,β-unsaturated/α-hetero) is 1. The van der Waals surface area contributed by atoms with Crippen molar-refractivity contribution in [3.8, 4) is 11.8 Å². The highest BCUT2D eigenvalue weighted by Gasteiger charge is 2.14. The first-order chi connectivity index (χ1) is 6.61. The Morgan fingerprint density at radius 1 is 1.64 bits per heavy atom. The fourth-order valence-corrected chi connectivity index (χ4v) is 1.27. The second-order valence-electron chi connectivity index (χ2n) is 2.82. The molecule has 0 saturated carbocycles. The van der Waals surface area contributed by atoms with E-state index in [-0.39, 0.29) is 28.5 Å². The number of carbonyl (C=O) groups is 1. The van der Waals surface area contributed by atoms with Crippen molar-refractivity contribution in [3.63, 3.8) is 0 Å². The maximum atomic E-state index is 11.2. The number of hydrogen-bond donors (Lipinski definition) is 1. The molecular weight excluding hydrogens is 202 g/mol. The molecule has 0 aliphatic rings. The van der Waals surface area contributed by atoms with Crippen LogP contribution in [0.25, 0.3) is 0 Å². The second kappa shape index (κ2) is 4.12. The summed E-state index contributed by atoms with van der Waals surface area (Å²) in [5.41, 5.74) is 0.860. The van der Waals surface area contributed by atoms with E-state index in [9.17, 15) is 9.90 Å². The van der Waals surface area contributed by atoms with E-state index in [1.54, 1.807) is 13.0 Å². The lowest BCUT2D eigenvalue weighted by Gasteiger charge is -2.05. The molecular formula is C10H8ClNO2. The predicted octanol–water partition coefficient (Wildman–Crippen LogP) is 1.99. The van der Waals surface area contributed by atoms with Crippen LogP contribution in [0.4, 0.5) is 0 Å². The fourth-order valence-electron chi connectivity index (χ4n) is 1.13. The predicted molar refractivity (Wildman–Crippen MR) is 52.6 cm³/mol. The highest BCUT2D eigenvalue weighted by atomic mass is 35.5. The quantitative estimate of drug-likeness (QED) is 0.599. The molecule has 0 unspecified atom stereocenters. The molecule has 0 aliphatic carbocycles. The maximum absolute atomic E-state index is 11.2. The van der Waals surface area contributed by atoms with Gasteiger partial charge < -0.3 is 5.11 Å². The molecule has 1 rings (SSSR count). The number of aryl methyl sites for hydroxylation is 1. The summed E-state index contributed by atoms with van der Waals surface area (Å²) in [6, 6.07) is 4.92. The van der Waals surface area contributed by atoms with Gasteiger partial charge >= 0.3 is 0 Å². The van der Waals surface area contributed by atoms with Gasteiger partial charge in [-0.2, -0.15) is 5.26 Å². The molecule has 1 aromatic carbocycles. The first-order valence-electron chi connectivity index (χ1n) is 3.93. The molecule has 0 amide bonds. The SMILES string of the molecule is Cc1ccc(C(=O)CCl)c(O)c1C#N. The summed E-state index contributed by atoms with van der Waals surface area (Å²) in [7, 11) is 0. The highest BCUT2D eigenvalue weighted by Crippen LogP contribution is 2.25. The number of carbonyl (C=O) groups excluding carboxylic acids is 1. The molecule has 72 valence electrons. The smallest absolute Gasteiger partial charge is 0.181 e. The summed E-state index contributed by atoms with van der Waals surface area (Å²) in [6.07, 6.45) is 0. The number of hydrogen-bond acceptors (Lipinski definition) is 3. The Morgan fingerprint density at radius 3 is 2.79 bits per heavy atom. The van der Waals surface area contributed by atoms with Crippen LogP contribution in [0.1, 0.15) is 21.5 Å². The normalized spacial score (nSPS) is 9.50. The molecule has 4 heteroatoms. The molecule has 1 aromatic rings. The molecule has 0 fully saturated rings. The molecule has 0 saturated heterocycles. The highest BCUT2D eigenvalue weighted by molar-refractivity contribution is 6.30. The van der Waals surface area contributed by atoms with Crippen LogP contribution in [-0.2, 0) is 0 Å². The molecule has 0 heterocycles. The number of ketones is 1. The average Bonchev–Trinajstić information content (AvgIpc) is 2.18. The van der Waals surface area contributed by atoms with Crippen molar-refractivity contribution in [2.45, 2.75) is 6.92 Å². The number of nitrogens with zero attached hydrogens (tertiary/aromatic N) is 1. The first-order valence-corrected chi connectivity index (χ1v) is 4.47. The minimum atomic E-state index is -0.388. The number of aromatic hydroxyl groups is 1. The summed E-state index contributed by atoms with van der Waals surface area (Å²) in [4.78, 5) is 11.2. The lowest BCUT2D eigenvalue weighted by Crippen LogP contribution is -2.02. The summed E-state index contributed by atoms with van der Waals surface area (Å²) in [6.45, 7) is 1.69. The fraction of sp³-hybridized carbons (Fsp3) is 0.200. The maximum Gasteiger partial charge on any atom is 0.181 e. The summed E-state index contributed by atoms with van der Waals surface area (Å²) < 4.78 is 0. The summed E-state index contributed by atoms with van der Waals surface area (Å²) >= 11 is 5.35. The van der Waals surface area contributed by atoms with Crippen LogP contribution < -0.4 is 0 Å². The number of rotatable bonds is 2. The van der Waals surface area contributed by atoms with Gasteiger partial charge in [0.2, 0.25) is 0 Å². The monoisotopic (exact) mass is 209 g/mol. The van der Waals surface area contributed by atoms with Crippen molar-refractivity contribution >= 4 is 17.4 Å². The molecule has 0 atom stereocenters. The van der Waals surface area contributed by atoms with Gasteiger partial charge in [-0.15, -0.1) is 11.6 Å². The molecule has 0 aromatic heterocycles. The number of halogens is 1. The number of phenols is 1. The molecule has 0 radical (unpaired) electrons. The van der Waals surface area contributed by atoms with Crippen molar-refractivity contribution in [2.24, 2.45) is 0 Å². The Morgan fingerprint density at radius 2 is 2.29 bits per heavy atom. The van der Waals surface area contributed by atoms with Gasteiger partial charge in [-0.3, -0.25) is 4.79 Å². The third kappa shape index (κ3) is 1.70. The Bertz CT molecular complexity index is 421. The zero-order valence-electron chi connectivity index (χ0n) is 7.54. The number of alkyl halides is 1. The standard InChI is InChI=1S/C10H8ClNO2/c1-6-2-3-7(9(13)4-11)10(14)8(6)5-12/h2-3,14H,4H2,1H3. The zero-order chi connectivity index (χ0) is 10.7. The van der Waals surface area contributed by atoms with E-state index >= 15 is 0 Å². The van der Waals surface area contributed by atoms with Gasteiger partial charge in [-0.1, -0.05) is 6.07 Å². The minimum absolute atomic E-state index is 0.0992. The third-order valence-corrected chi connectivity index (χ3v) is 2.16. The van der Waals surface area contributed by atoms with Crippen molar-refractivity contribution < 1.29 is 9.90 Å². The number of nitriles is 1. The van der Waals surface area contributed by atoms with Gasteiger partial charge in [0.25, 0.3) is 0 Å². The molecule has 3 nitrogen and oxygen atoms in total. The summed E-state index contributed by atoms with van der Waals surface area (Å²) in [5, 5.41) is 18.3.